The summed E-state index contributed by atoms with van der Waals surface area (Å²) in [6.07, 6.45) is -2.90. The number of benzene rings is 3. The Morgan fingerprint density at radius 2 is 1.78 bits per heavy atom. The molecule has 1 unspecified atom stereocenters. The number of amides is 1. The number of carbonyl (C=O) groups is 1. The summed E-state index contributed by atoms with van der Waals surface area (Å²) in [6, 6.07) is 20.5. The number of methoxy groups -OCH3 is 1. The number of furan rings is 1. The SMILES string of the molecule is CCC(c1nc2ccccc2c(=O)n1-c1ccccc1OC)N(Cc1ccco1)C(=O)c1cccc(C(F)(F)F)c1. The normalized spacial score (nSPS) is 12.3. The Morgan fingerprint density at radius 1 is 1.02 bits per heavy atom. The maximum Gasteiger partial charge on any atom is 0.416 e. The smallest absolute Gasteiger partial charge is 0.416 e. The molecule has 10 heteroatoms. The number of aromatic nitrogens is 2. The van der Waals surface area contributed by atoms with Gasteiger partial charge in [0.1, 0.15) is 17.3 Å². The minimum Gasteiger partial charge on any atom is -0.495 e. The van der Waals surface area contributed by atoms with E-state index >= 15 is 0 Å². The lowest BCUT2D eigenvalue weighted by atomic mass is 10.1. The van der Waals surface area contributed by atoms with Crippen molar-refractivity contribution in [2.24, 2.45) is 0 Å². The van der Waals surface area contributed by atoms with E-state index in [1.807, 2.05) is 6.92 Å². The van der Waals surface area contributed by atoms with Crippen LogP contribution in [-0.4, -0.2) is 27.5 Å². The van der Waals surface area contributed by atoms with Crippen LogP contribution in [0.5, 0.6) is 5.75 Å². The van der Waals surface area contributed by atoms with E-state index in [2.05, 4.69) is 0 Å². The molecular weight excluding hydrogens is 535 g/mol. The lowest BCUT2D eigenvalue weighted by Crippen LogP contribution is -2.38. The van der Waals surface area contributed by atoms with E-state index in [9.17, 15) is 22.8 Å². The fourth-order valence-electron chi connectivity index (χ4n) is 4.85. The van der Waals surface area contributed by atoms with E-state index in [0.29, 0.717) is 28.1 Å². The molecule has 1 amide bonds. The van der Waals surface area contributed by atoms with Crippen molar-refractivity contribution < 1.29 is 27.1 Å². The topological polar surface area (TPSA) is 77.6 Å². The van der Waals surface area contributed by atoms with Crippen molar-refractivity contribution >= 4 is 16.8 Å². The molecule has 0 aliphatic heterocycles. The highest BCUT2D eigenvalue weighted by Gasteiger charge is 2.34. The van der Waals surface area contributed by atoms with Gasteiger partial charge in [-0.05, 0) is 61.0 Å². The molecular formula is C31H26F3N3O4. The molecule has 210 valence electrons. The zero-order chi connectivity index (χ0) is 29.1. The number of rotatable bonds is 8. The lowest BCUT2D eigenvalue weighted by Gasteiger charge is -2.32. The monoisotopic (exact) mass is 561 g/mol. The van der Waals surface area contributed by atoms with Gasteiger partial charge in [-0.1, -0.05) is 37.3 Å². The molecule has 0 saturated heterocycles. The second-order valence-corrected chi connectivity index (χ2v) is 9.31. The van der Waals surface area contributed by atoms with Gasteiger partial charge in [-0.25, -0.2) is 4.98 Å². The maximum atomic E-state index is 14.0. The summed E-state index contributed by atoms with van der Waals surface area (Å²) in [7, 11) is 1.48. The molecule has 0 bridgehead atoms. The molecule has 0 N–H and O–H groups in total. The molecule has 0 aliphatic carbocycles. The highest BCUT2D eigenvalue weighted by Crippen LogP contribution is 2.33. The van der Waals surface area contributed by atoms with Crippen LogP contribution in [0, 0.1) is 0 Å². The molecule has 5 rings (SSSR count). The van der Waals surface area contributed by atoms with E-state index in [-0.39, 0.29) is 29.9 Å². The number of carbonyl (C=O) groups excluding carboxylic acids is 1. The molecule has 0 fully saturated rings. The van der Waals surface area contributed by atoms with Gasteiger partial charge in [0.15, 0.2) is 0 Å². The van der Waals surface area contributed by atoms with Crippen molar-refractivity contribution in [2.75, 3.05) is 7.11 Å². The van der Waals surface area contributed by atoms with Crippen LogP contribution in [0.1, 0.15) is 46.9 Å². The van der Waals surface area contributed by atoms with E-state index in [0.717, 1.165) is 12.1 Å². The molecule has 2 heterocycles. The quantitative estimate of drug-likeness (QED) is 0.208. The molecule has 0 spiro atoms. The lowest BCUT2D eigenvalue weighted by molar-refractivity contribution is -0.137. The van der Waals surface area contributed by atoms with Crippen molar-refractivity contribution in [3.05, 3.63) is 124 Å². The predicted octanol–water partition coefficient (Wildman–Crippen LogP) is 6.80. The van der Waals surface area contributed by atoms with E-state index < -0.39 is 23.7 Å². The van der Waals surface area contributed by atoms with Gasteiger partial charge < -0.3 is 14.1 Å². The van der Waals surface area contributed by atoms with E-state index in [1.54, 1.807) is 60.7 Å². The molecule has 0 aliphatic rings. The number of hydrogen-bond donors (Lipinski definition) is 0. The van der Waals surface area contributed by atoms with Crippen LogP contribution in [0.3, 0.4) is 0 Å². The highest BCUT2D eigenvalue weighted by atomic mass is 19.4. The molecule has 2 aromatic heterocycles. The van der Waals surface area contributed by atoms with Crippen LogP contribution in [0.25, 0.3) is 16.6 Å². The third kappa shape index (κ3) is 5.45. The minimum absolute atomic E-state index is 0.0742. The van der Waals surface area contributed by atoms with Crippen molar-refractivity contribution in [1.29, 1.82) is 0 Å². The number of para-hydroxylation sites is 3. The van der Waals surface area contributed by atoms with Crippen LogP contribution >= 0.6 is 0 Å². The Kier molecular flexibility index (Phi) is 7.65. The van der Waals surface area contributed by atoms with Crippen molar-refractivity contribution in [3.63, 3.8) is 0 Å². The van der Waals surface area contributed by atoms with Gasteiger partial charge in [0.25, 0.3) is 11.5 Å². The first-order chi connectivity index (χ1) is 19.7. The summed E-state index contributed by atoms with van der Waals surface area (Å²) < 4.78 is 53.1. The maximum absolute atomic E-state index is 14.0. The summed E-state index contributed by atoms with van der Waals surface area (Å²) in [5.74, 6) is 0.376. The van der Waals surface area contributed by atoms with Crippen LogP contribution in [-0.2, 0) is 12.7 Å². The number of nitrogens with zero attached hydrogens (tertiary/aromatic N) is 3. The molecule has 5 aromatic rings. The number of hydrogen-bond acceptors (Lipinski definition) is 5. The van der Waals surface area contributed by atoms with Crippen LogP contribution < -0.4 is 10.3 Å². The molecule has 7 nitrogen and oxygen atoms in total. The van der Waals surface area contributed by atoms with Gasteiger partial charge in [-0.15, -0.1) is 0 Å². The molecule has 0 saturated carbocycles. The summed E-state index contributed by atoms with van der Waals surface area (Å²) in [6.45, 7) is 1.74. The summed E-state index contributed by atoms with van der Waals surface area (Å²) in [5, 5.41) is 0.360. The second-order valence-electron chi connectivity index (χ2n) is 9.31. The summed E-state index contributed by atoms with van der Waals surface area (Å²) in [4.78, 5) is 34.2. The standard InChI is InChI=1S/C31H26F3N3O4/c1-3-25(36(19-22-12-9-17-41-22)29(38)20-10-8-11-21(18-20)31(32,33)34)28-35-24-14-5-4-13-23(24)30(39)37(28)26-15-6-7-16-27(26)40-2/h4-18,25H,3,19H2,1-2H3. The zero-order valence-electron chi connectivity index (χ0n) is 22.3. The summed E-state index contributed by atoms with van der Waals surface area (Å²) >= 11 is 0. The Labute approximate surface area is 233 Å². The third-order valence-electron chi connectivity index (χ3n) is 6.79. The number of alkyl halides is 3. The summed E-state index contributed by atoms with van der Waals surface area (Å²) in [5.41, 5.74) is -0.642. The number of fused-ring (bicyclic) bond motifs is 1. The van der Waals surface area contributed by atoms with Crippen molar-refractivity contribution in [3.8, 4) is 11.4 Å². The van der Waals surface area contributed by atoms with Gasteiger partial charge in [-0.3, -0.25) is 14.2 Å². The average Bonchev–Trinajstić information content (AvgIpc) is 3.50. The highest BCUT2D eigenvalue weighted by molar-refractivity contribution is 5.94. The predicted molar refractivity (Wildman–Crippen MR) is 147 cm³/mol. The van der Waals surface area contributed by atoms with Crippen molar-refractivity contribution in [2.45, 2.75) is 32.1 Å². The Hall–Kier alpha value is -4.86. The van der Waals surface area contributed by atoms with Crippen LogP contribution in [0.2, 0.25) is 0 Å². The Morgan fingerprint density at radius 3 is 2.49 bits per heavy atom. The first-order valence-corrected chi connectivity index (χ1v) is 12.9. The molecule has 41 heavy (non-hydrogen) atoms. The van der Waals surface area contributed by atoms with Gasteiger partial charge in [-0.2, -0.15) is 13.2 Å². The fraction of sp³-hybridized carbons (Fsp3) is 0.194. The molecule has 0 radical (unpaired) electrons. The number of halogens is 3. The van der Waals surface area contributed by atoms with E-state index in [1.165, 1.54) is 35.0 Å². The van der Waals surface area contributed by atoms with Gasteiger partial charge in [0.05, 0.1) is 48.1 Å². The third-order valence-corrected chi connectivity index (χ3v) is 6.79. The van der Waals surface area contributed by atoms with Crippen molar-refractivity contribution in [1.82, 2.24) is 14.5 Å². The van der Waals surface area contributed by atoms with Crippen LogP contribution in [0.15, 0.2) is 100 Å². The van der Waals surface area contributed by atoms with Gasteiger partial charge in [0, 0.05) is 5.56 Å². The molecule has 3 aromatic carbocycles. The second kappa shape index (κ2) is 11.3. The minimum atomic E-state index is -4.63. The van der Waals surface area contributed by atoms with Gasteiger partial charge in [0.2, 0.25) is 0 Å². The Bertz CT molecular complexity index is 1750. The first kappa shape index (κ1) is 27.7. The number of ether oxygens (including phenoxy) is 1. The Balaban J connectivity index is 1.74. The zero-order valence-corrected chi connectivity index (χ0v) is 22.3. The average molecular weight is 562 g/mol. The first-order valence-electron chi connectivity index (χ1n) is 12.9. The van der Waals surface area contributed by atoms with Crippen LogP contribution in [0.4, 0.5) is 13.2 Å². The van der Waals surface area contributed by atoms with Gasteiger partial charge >= 0.3 is 6.18 Å². The van der Waals surface area contributed by atoms with E-state index in [4.69, 9.17) is 14.1 Å². The fourth-order valence-corrected chi connectivity index (χ4v) is 4.85. The molecule has 1 atom stereocenters. The largest absolute Gasteiger partial charge is 0.495 e.